The van der Waals surface area contributed by atoms with E-state index < -0.39 is 11.9 Å². The number of benzene rings is 1. The van der Waals surface area contributed by atoms with E-state index >= 15 is 0 Å². The molecule has 0 fully saturated rings. The van der Waals surface area contributed by atoms with Gasteiger partial charge in [-0.1, -0.05) is 17.2 Å². The minimum absolute atomic E-state index is 0.0468. The monoisotopic (exact) mass is 229 g/mol. The lowest BCUT2D eigenvalue weighted by molar-refractivity contribution is 0.449. The van der Waals surface area contributed by atoms with E-state index in [2.05, 4.69) is 6.58 Å². The van der Waals surface area contributed by atoms with Crippen molar-refractivity contribution in [3.05, 3.63) is 40.7 Å². The number of phenolic OH excluding ortho intramolecular Hbond substituents is 1. The van der Waals surface area contributed by atoms with Crippen LogP contribution in [0.1, 0.15) is 24.9 Å². The fourth-order valence-corrected chi connectivity index (χ4v) is 1.55. The minimum Gasteiger partial charge on any atom is -0.506 e. The van der Waals surface area contributed by atoms with Gasteiger partial charge in [-0.3, -0.25) is 0 Å². The van der Waals surface area contributed by atoms with Gasteiger partial charge in [-0.2, -0.15) is 0 Å². The topological polar surface area (TPSA) is 46.2 Å². The molecular formula is C11H13ClFNO. The van der Waals surface area contributed by atoms with Crippen LogP contribution in [0.15, 0.2) is 24.3 Å². The Balaban J connectivity index is 3.12. The van der Waals surface area contributed by atoms with Crippen molar-refractivity contribution in [2.75, 3.05) is 0 Å². The van der Waals surface area contributed by atoms with Gasteiger partial charge in [0, 0.05) is 11.6 Å². The van der Waals surface area contributed by atoms with Crippen LogP contribution in [0.5, 0.6) is 5.75 Å². The maximum Gasteiger partial charge on any atom is 0.141 e. The Kier molecular flexibility index (Phi) is 3.72. The summed E-state index contributed by atoms with van der Waals surface area (Å²) in [5, 5.41) is 9.68. The van der Waals surface area contributed by atoms with Crippen molar-refractivity contribution in [3.8, 4) is 5.75 Å². The first-order valence-corrected chi connectivity index (χ1v) is 4.88. The highest BCUT2D eigenvalue weighted by atomic mass is 35.5. The lowest BCUT2D eigenvalue weighted by Crippen LogP contribution is -2.12. The van der Waals surface area contributed by atoms with E-state index in [0.717, 1.165) is 5.57 Å². The molecule has 3 N–H and O–H groups in total. The van der Waals surface area contributed by atoms with Crippen LogP contribution < -0.4 is 5.73 Å². The number of aromatic hydroxyl groups is 1. The number of nitrogens with two attached hydrogens (primary N) is 1. The van der Waals surface area contributed by atoms with Crippen LogP contribution >= 0.6 is 11.6 Å². The smallest absolute Gasteiger partial charge is 0.141 e. The van der Waals surface area contributed by atoms with Crippen molar-refractivity contribution in [2.24, 2.45) is 5.73 Å². The van der Waals surface area contributed by atoms with Crippen LogP contribution in [0.4, 0.5) is 4.39 Å². The molecule has 0 saturated carbocycles. The fraction of sp³-hybridized carbons (Fsp3) is 0.273. The Hall–Kier alpha value is -1.06. The maximum atomic E-state index is 13.4. The van der Waals surface area contributed by atoms with Crippen molar-refractivity contribution < 1.29 is 9.50 Å². The van der Waals surface area contributed by atoms with Gasteiger partial charge in [-0.15, -0.1) is 6.58 Å². The Bertz CT molecular complexity index is 392. The SMILES string of the molecule is C=C(C)C[C@@H](N)c1c(F)ccc(Cl)c1O. The Labute approximate surface area is 93.2 Å². The van der Waals surface area contributed by atoms with E-state index in [1.54, 1.807) is 6.92 Å². The summed E-state index contributed by atoms with van der Waals surface area (Å²) in [5.74, 6) is -0.837. The van der Waals surface area contributed by atoms with Crippen LogP contribution in [0.25, 0.3) is 0 Å². The van der Waals surface area contributed by atoms with Gasteiger partial charge in [0.05, 0.1) is 5.02 Å². The third-order valence-electron chi connectivity index (χ3n) is 2.05. The molecule has 1 aromatic rings. The summed E-state index contributed by atoms with van der Waals surface area (Å²) in [6, 6.07) is 1.86. The van der Waals surface area contributed by atoms with Crippen molar-refractivity contribution in [1.82, 2.24) is 0 Å². The Morgan fingerprint density at radius 3 is 2.80 bits per heavy atom. The second kappa shape index (κ2) is 4.64. The lowest BCUT2D eigenvalue weighted by atomic mass is 10.00. The molecule has 0 heterocycles. The van der Waals surface area contributed by atoms with E-state index in [-0.39, 0.29) is 16.3 Å². The van der Waals surface area contributed by atoms with Gasteiger partial charge in [0.25, 0.3) is 0 Å². The molecule has 0 bridgehead atoms. The summed E-state index contributed by atoms with van der Waals surface area (Å²) < 4.78 is 13.4. The van der Waals surface area contributed by atoms with Gasteiger partial charge in [0.2, 0.25) is 0 Å². The average molecular weight is 230 g/mol. The van der Waals surface area contributed by atoms with E-state index in [9.17, 15) is 9.50 Å². The second-order valence-corrected chi connectivity index (χ2v) is 3.97. The Morgan fingerprint density at radius 2 is 2.27 bits per heavy atom. The van der Waals surface area contributed by atoms with Gasteiger partial charge in [-0.25, -0.2) is 4.39 Å². The van der Waals surface area contributed by atoms with E-state index in [1.165, 1.54) is 12.1 Å². The molecule has 4 heteroatoms. The summed E-state index contributed by atoms with van der Waals surface area (Å²) in [6.07, 6.45) is 0.408. The normalized spacial score (nSPS) is 12.5. The van der Waals surface area contributed by atoms with Crippen molar-refractivity contribution in [3.63, 3.8) is 0 Å². The molecule has 1 rings (SSSR count). The quantitative estimate of drug-likeness (QED) is 0.783. The summed E-state index contributed by atoms with van der Waals surface area (Å²) in [7, 11) is 0. The summed E-state index contributed by atoms with van der Waals surface area (Å²) in [6.45, 7) is 5.48. The molecule has 0 amide bonds. The zero-order valence-corrected chi connectivity index (χ0v) is 9.18. The number of rotatable bonds is 3. The van der Waals surface area contributed by atoms with Crippen molar-refractivity contribution >= 4 is 11.6 Å². The predicted octanol–water partition coefficient (Wildman–Crippen LogP) is 3.15. The molecule has 82 valence electrons. The summed E-state index contributed by atoms with van der Waals surface area (Å²) >= 11 is 5.67. The third-order valence-corrected chi connectivity index (χ3v) is 2.36. The summed E-state index contributed by atoms with van der Waals surface area (Å²) in [4.78, 5) is 0. The molecule has 0 aliphatic rings. The summed E-state index contributed by atoms with van der Waals surface area (Å²) in [5.41, 5.74) is 6.61. The first-order valence-electron chi connectivity index (χ1n) is 4.50. The predicted molar refractivity (Wildman–Crippen MR) is 59.4 cm³/mol. The number of hydrogen-bond donors (Lipinski definition) is 2. The highest BCUT2D eigenvalue weighted by Gasteiger charge is 2.18. The molecule has 0 spiro atoms. The molecule has 0 saturated heterocycles. The average Bonchev–Trinajstić information content (AvgIpc) is 2.11. The second-order valence-electron chi connectivity index (χ2n) is 3.56. The third kappa shape index (κ3) is 2.70. The van der Waals surface area contributed by atoms with Crippen LogP contribution in [-0.4, -0.2) is 5.11 Å². The van der Waals surface area contributed by atoms with Gasteiger partial charge < -0.3 is 10.8 Å². The van der Waals surface area contributed by atoms with Gasteiger partial charge in [0.15, 0.2) is 0 Å². The van der Waals surface area contributed by atoms with E-state index in [4.69, 9.17) is 17.3 Å². The van der Waals surface area contributed by atoms with Gasteiger partial charge >= 0.3 is 0 Å². The standard InChI is InChI=1S/C11H13ClFNO/c1-6(2)5-9(14)10-8(13)4-3-7(12)11(10)15/h3-4,9,15H,1,5,14H2,2H3/t9-/m1/s1. The van der Waals surface area contributed by atoms with Crippen LogP contribution in [0.2, 0.25) is 5.02 Å². The number of phenols is 1. The molecule has 0 aliphatic carbocycles. The van der Waals surface area contributed by atoms with Gasteiger partial charge in [0.1, 0.15) is 11.6 Å². The lowest BCUT2D eigenvalue weighted by Gasteiger charge is -2.15. The molecule has 15 heavy (non-hydrogen) atoms. The highest BCUT2D eigenvalue weighted by molar-refractivity contribution is 6.32. The first-order chi connectivity index (χ1) is 6.93. The van der Waals surface area contributed by atoms with Crippen molar-refractivity contribution in [2.45, 2.75) is 19.4 Å². The number of halogens is 2. The molecule has 2 nitrogen and oxygen atoms in total. The van der Waals surface area contributed by atoms with Crippen LogP contribution in [0.3, 0.4) is 0 Å². The first kappa shape index (κ1) is 12.0. The van der Waals surface area contributed by atoms with Gasteiger partial charge in [-0.05, 0) is 25.5 Å². The van der Waals surface area contributed by atoms with E-state index in [0.29, 0.717) is 6.42 Å². The molecule has 0 unspecified atom stereocenters. The Morgan fingerprint density at radius 1 is 1.67 bits per heavy atom. The molecule has 0 aromatic heterocycles. The largest absolute Gasteiger partial charge is 0.506 e. The molecule has 1 atom stereocenters. The maximum absolute atomic E-state index is 13.4. The molecule has 0 aliphatic heterocycles. The molecular weight excluding hydrogens is 217 g/mol. The van der Waals surface area contributed by atoms with Crippen LogP contribution in [-0.2, 0) is 0 Å². The fourth-order valence-electron chi connectivity index (χ4n) is 1.39. The number of hydrogen-bond acceptors (Lipinski definition) is 2. The van der Waals surface area contributed by atoms with Crippen molar-refractivity contribution in [1.29, 1.82) is 0 Å². The zero-order chi connectivity index (χ0) is 11.6. The highest BCUT2D eigenvalue weighted by Crippen LogP contribution is 2.34. The van der Waals surface area contributed by atoms with E-state index in [1.807, 2.05) is 0 Å². The zero-order valence-electron chi connectivity index (χ0n) is 8.43. The molecule has 1 aromatic carbocycles. The minimum atomic E-state index is -0.624. The van der Waals surface area contributed by atoms with Crippen LogP contribution in [0, 0.1) is 5.82 Å². The molecule has 0 radical (unpaired) electrons.